The van der Waals surface area contributed by atoms with E-state index in [1.165, 1.54) is 0 Å². The van der Waals surface area contributed by atoms with E-state index in [1.54, 1.807) is 36.4 Å². The standard InChI is InChI=1S/C18H21ClN2O4/c1-3-23-16-10-15(17(24-4-2)9-14(16)20)21-18(22)11-25-13-7-5-12(19)6-8-13/h5-10H,3-4,11,20H2,1-2H3,(H,21,22). The van der Waals surface area contributed by atoms with Crippen molar-refractivity contribution >= 4 is 28.9 Å². The van der Waals surface area contributed by atoms with Gasteiger partial charge in [-0.2, -0.15) is 0 Å². The fourth-order valence-electron chi connectivity index (χ4n) is 2.09. The molecule has 0 fully saturated rings. The van der Waals surface area contributed by atoms with E-state index in [1.807, 2.05) is 13.8 Å². The number of anilines is 2. The van der Waals surface area contributed by atoms with E-state index in [0.29, 0.717) is 46.9 Å². The minimum Gasteiger partial charge on any atom is -0.492 e. The molecule has 134 valence electrons. The summed E-state index contributed by atoms with van der Waals surface area (Å²) in [6.45, 7) is 4.46. The lowest BCUT2D eigenvalue weighted by Gasteiger charge is -2.15. The predicted molar refractivity (Wildman–Crippen MR) is 98.8 cm³/mol. The van der Waals surface area contributed by atoms with Crippen LogP contribution in [-0.2, 0) is 4.79 Å². The van der Waals surface area contributed by atoms with Crippen LogP contribution >= 0.6 is 11.6 Å². The SMILES string of the molecule is CCOc1cc(NC(=O)COc2ccc(Cl)cc2)c(OCC)cc1N. The quantitative estimate of drug-likeness (QED) is 0.697. The van der Waals surface area contributed by atoms with Gasteiger partial charge in [-0.15, -0.1) is 0 Å². The number of benzene rings is 2. The molecule has 1 amide bonds. The van der Waals surface area contributed by atoms with E-state index >= 15 is 0 Å². The summed E-state index contributed by atoms with van der Waals surface area (Å²) in [5.41, 5.74) is 6.85. The van der Waals surface area contributed by atoms with Gasteiger partial charge in [0.1, 0.15) is 17.2 Å². The monoisotopic (exact) mass is 364 g/mol. The number of halogens is 1. The van der Waals surface area contributed by atoms with Crippen LogP contribution in [0.1, 0.15) is 13.8 Å². The number of ether oxygens (including phenoxy) is 3. The Balaban J connectivity index is 2.07. The number of carbonyl (C=O) groups is 1. The first-order valence-corrected chi connectivity index (χ1v) is 8.28. The fourth-order valence-corrected chi connectivity index (χ4v) is 2.22. The maximum Gasteiger partial charge on any atom is 0.262 e. The number of amides is 1. The predicted octanol–water partition coefficient (Wildman–Crippen LogP) is 3.74. The first-order valence-electron chi connectivity index (χ1n) is 7.90. The molecular weight excluding hydrogens is 344 g/mol. The Labute approximate surface area is 151 Å². The van der Waals surface area contributed by atoms with E-state index < -0.39 is 0 Å². The zero-order valence-corrected chi connectivity index (χ0v) is 14.9. The number of nitrogens with one attached hydrogen (secondary N) is 1. The van der Waals surface area contributed by atoms with Gasteiger partial charge in [0.25, 0.3) is 5.91 Å². The Morgan fingerprint density at radius 3 is 2.32 bits per heavy atom. The van der Waals surface area contributed by atoms with Gasteiger partial charge in [0.15, 0.2) is 6.61 Å². The van der Waals surface area contributed by atoms with E-state index in [9.17, 15) is 4.79 Å². The molecule has 0 unspecified atom stereocenters. The Hall–Kier alpha value is -2.60. The van der Waals surface area contributed by atoms with Crippen molar-refractivity contribution in [2.75, 3.05) is 30.9 Å². The highest BCUT2D eigenvalue weighted by molar-refractivity contribution is 6.30. The second kappa shape index (κ2) is 9.03. The molecule has 7 heteroatoms. The van der Waals surface area contributed by atoms with E-state index in [2.05, 4.69) is 5.32 Å². The molecule has 25 heavy (non-hydrogen) atoms. The van der Waals surface area contributed by atoms with Crippen LogP contribution in [0.3, 0.4) is 0 Å². The van der Waals surface area contributed by atoms with Gasteiger partial charge in [-0.05, 0) is 38.1 Å². The lowest BCUT2D eigenvalue weighted by Crippen LogP contribution is -2.20. The van der Waals surface area contributed by atoms with Crippen LogP contribution in [-0.4, -0.2) is 25.7 Å². The zero-order valence-electron chi connectivity index (χ0n) is 14.2. The van der Waals surface area contributed by atoms with Gasteiger partial charge in [-0.25, -0.2) is 0 Å². The van der Waals surface area contributed by atoms with Gasteiger partial charge in [0.05, 0.1) is 24.6 Å². The lowest BCUT2D eigenvalue weighted by atomic mass is 10.2. The maximum absolute atomic E-state index is 12.2. The molecule has 0 radical (unpaired) electrons. The summed E-state index contributed by atoms with van der Waals surface area (Å²) in [6.07, 6.45) is 0. The summed E-state index contributed by atoms with van der Waals surface area (Å²) in [7, 11) is 0. The third kappa shape index (κ3) is 5.46. The van der Waals surface area contributed by atoms with Crippen molar-refractivity contribution in [1.82, 2.24) is 0 Å². The van der Waals surface area contributed by atoms with Crippen LogP contribution in [0.5, 0.6) is 17.2 Å². The van der Waals surface area contributed by atoms with Crippen molar-refractivity contribution in [2.24, 2.45) is 0 Å². The Bertz CT molecular complexity index is 720. The Morgan fingerprint density at radius 1 is 1.04 bits per heavy atom. The van der Waals surface area contributed by atoms with Crippen LogP contribution in [0.4, 0.5) is 11.4 Å². The van der Waals surface area contributed by atoms with Gasteiger partial charge in [0, 0.05) is 17.2 Å². The van der Waals surface area contributed by atoms with Crippen LogP contribution in [0.15, 0.2) is 36.4 Å². The van der Waals surface area contributed by atoms with Crippen LogP contribution in [0.25, 0.3) is 0 Å². The van der Waals surface area contributed by atoms with Crippen LogP contribution in [0, 0.1) is 0 Å². The smallest absolute Gasteiger partial charge is 0.262 e. The molecule has 6 nitrogen and oxygen atoms in total. The van der Waals surface area contributed by atoms with Gasteiger partial charge >= 0.3 is 0 Å². The number of rotatable bonds is 8. The highest BCUT2D eigenvalue weighted by Gasteiger charge is 2.13. The second-order valence-corrected chi connectivity index (χ2v) is 5.48. The van der Waals surface area contributed by atoms with Crippen molar-refractivity contribution in [1.29, 1.82) is 0 Å². The van der Waals surface area contributed by atoms with Crippen LogP contribution in [0.2, 0.25) is 5.02 Å². The molecule has 0 saturated carbocycles. The molecule has 2 aromatic rings. The van der Waals surface area contributed by atoms with Gasteiger partial charge in [-0.3, -0.25) is 4.79 Å². The van der Waals surface area contributed by atoms with E-state index in [0.717, 1.165) is 0 Å². The highest BCUT2D eigenvalue weighted by Crippen LogP contribution is 2.35. The van der Waals surface area contributed by atoms with Crippen molar-refractivity contribution in [2.45, 2.75) is 13.8 Å². The molecule has 3 N–H and O–H groups in total. The molecule has 2 rings (SSSR count). The van der Waals surface area contributed by atoms with Gasteiger partial charge < -0.3 is 25.3 Å². The third-order valence-corrected chi connectivity index (χ3v) is 3.42. The Morgan fingerprint density at radius 2 is 1.68 bits per heavy atom. The molecule has 0 spiro atoms. The third-order valence-electron chi connectivity index (χ3n) is 3.17. The fraction of sp³-hybridized carbons (Fsp3) is 0.278. The summed E-state index contributed by atoms with van der Waals surface area (Å²) in [5.74, 6) is 1.18. The summed E-state index contributed by atoms with van der Waals surface area (Å²) in [5, 5.41) is 3.35. The molecular formula is C18H21ClN2O4. The van der Waals surface area contributed by atoms with Crippen LogP contribution < -0.4 is 25.3 Å². The molecule has 0 aliphatic carbocycles. The molecule has 0 saturated heterocycles. The average molecular weight is 365 g/mol. The normalized spacial score (nSPS) is 10.2. The molecule has 0 heterocycles. The van der Waals surface area contributed by atoms with Gasteiger partial charge in [-0.1, -0.05) is 11.6 Å². The van der Waals surface area contributed by atoms with E-state index in [4.69, 9.17) is 31.5 Å². The number of nitrogen functional groups attached to an aromatic ring is 1. The van der Waals surface area contributed by atoms with Crippen molar-refractivity contribution < 1.29 is 19.0 Å². The highest BCUT2D eigenvalue weighted by atomic mass is 35.5. The first kappa shape index (κ1) is 18.7. The summed E-state index contributed by atoms with van der Waals surface area (Å²) in [6, 6.07) is 10.0. The molecule has 0 aliphatic rings. The molecule has 0 atom stereocenters. The van der Waals surface area contributed by atoms with E-state index in [-0.39, 0.29) is 12.5 Å². The summed E-state index contributed by atoms with van der Waals surface area (Å²) < 4.78 is 16.4. The largest absolute Gasteiger partial charge is 0.492 e. The molecule has 0 aromatic heterocycles. The van der Waals surface area contributed by atoms with Crippen molar-refractivity contribution in [3.05, 3.63) is 41.4 Å². The first-order chi connectivity index (χ1) is 12.0. The zero-order chi connectivity index (χ0) is 18.2. The average Bonchev–Trinajstić information content (AvgIpc) is 2.59. The van der Waals surface area contributed by atoms with Crippen molar-refractivity contribution in [3.8, 4) is 17.2 Å². The number of hydrogen-bond acceptors (Lipinski definition) is 5. The second-order valence-electron chi connectivity index (χ2n) is 5.04. The molecule has 2 aromatic carbocycles. The molecule has 0 aliphatic heterocycles. The maximum atomic E-state index is 12.2. The minimum atomic E-state index is -0.330. The molecule has 0 bridgehead atoms. The summed E-state index contributed by atoms with van der Waals surface area (Å²) in [4.78, 5) is 12.2. The summed E-state index contributed by atoms with van der Waals surface area (Å²) >= 11 is 5.81. The number of hydrogen-bond donors (Lipinski definition) is 2. The topological polar surface area (TPSA) is 82.8 Å². The minimum absolute atomic E-state index is 0.151. The number of nitrogens with two attached hydrogens (primary N) is 1. The lowest BCUT2D eigenvalue weighted by molar-refractivity contribution is -0.118. The van der Waals surface area contributed by atoms with Crippen molar-refractivity contribution in [3.63, 3.8) is 0 Å². The Kier molecular flexibility index (Phi) is 6.77. The van der Waals surface area contributed by atoms with Gasteiger partial charge in [0.2, 0.25) is 0 Å². The number of carbonyl (C=O) groups excluding carboxylic acids is 1.